The molecule has 0 aliphatic carbocycles. The maximum atomic E-state index is 13.2. The molecule has 2 aromatic carbocycles. The third kappa shape index (κ3) is 4.01. The molecule has 1 fully saturated rings. The van der Waals surface area contributed by atoms with Gasteiger partial charge in [-0.15, -0.1) is 0 Å². The van der Waals surface area contributed by atoms with Gasteiger partial charge < -0.3 is 4.90 Å². The van der Waals surface area contributed by atoms with Crippen molar-refractivity contribution in [2.75, 3.05) is 31.1 Å². The number of carbonyl (C=O) groups excluding carboxylic acids is 1. The lowest BCUT2D eigenvalue weighted by Crippen LogP contribution is -2.49. The number of aryl methyl sites for hydroxylation is 3. The van der Waals surface area contributed by atoms with Crippen LogP contribution >= 0.6 is 0 Å². The van der Waals surface area contributed by atoms with Crippen molar-refractivity contribution in [3.63, 3.8) is 0 Å². The number of hydrogen-bond donors (Lipinski definition) is 0. The van der Waals surface area contributed by atoms with E-state index in [1.165, 1.54) is 16.4 Å². The number of nitro groups is 1. The van der Waals surface area contributed by atoms with Crippen molar-refractivity contribution in [1.82, 2.24) is 4.31 Å². The van der Waals surface area contributed by atoms with Crippen LogP contribution in [0.25, 0.3) is 0 Å². The Morgan fingerprint density at radius 2 is 1.59 bits per heavy atom. The van der Waals surface area contributed by atoms with Crippen molar-refractivity contribution >= 4 is 27.7 Å². The average molecular weight is 417 g/mol. The predicted molar refractivity (Wildman–Crippen MR) is 110 cm³/mol. The van der Waals surface area contributed by atoms with Gasteiger partial charge in [-0.3, -0.25) is 14.9 Å². The third-order valence-corrected chi connectivity index (χ3v) is 7.32. The fraction of sp³-hybridized carbons (Fsp3) is 0.350. The minimum atomic E-state index is -3.66. The van der Waals surface area contributed by atoms with Crippen LogP contribution in [0.4, 0.5) is 11.4 Å². The van der Waals surface area contributed by atoms with E-state index in [1.807, 2.05) is 19.1 Å². The Labute approximate surface area is 169 Å². The smallest absolute Gasteiger partial charge is 0.293 e. The lowest BCUT2D eigenvalue weighted by atomic mass is 10.1. The Hall–Kier alpha value is -2.78. The highest BCUT2D eigenvalue weighted by Gasteiger charge is 2.32. The Balaban J connectivity index is 1.84. The number of benzene rings is 2. The predicted octanol–water partition coefficient (Wildman–Crippen LogP) is 2.84. The van der Waals surface area contributed by atoms with E-state index in [0.717, 1.165) is 5.56 Å². The molecule has 0 spiro atoms. The first kappa shape index (κ1) is 20.9. The number of sulfonamides is 1. The molecule has 154 valence electrons. The van der Waals surface area contributed by atoms with E-state index in [-0.39, 0.29) is 24.3 Å². The Bertz CT molecular complexity index is 1050. The summed E-state index contributed by atoms with van der Waals surface area (Å²) in [5.74, 6) is 0. The maximum Gasteiger partial charge on any atom is 0.293 e. The molecule has 0 bridgehead atoms. The average Bonchev–Trinajstić information content (AvgIpc) is 2.66. The summed E-state index contributed by atoms with van der Waals surface area (Å²) >= 11 is 0. The lowest BCUT2D eigenvalue weighted by Gasteiger charge is -2.35. The molecular formula is C20H23N3O5S. The third-order valence-electron chi connectivity index (χ3n) is 5.11. The van der Waals surface area contributed by atoms with Crippen LogP contribution in [-0.4, -0.2) is 50.1 Å². The minimum Gasteiger partial charge on any atom is -0.363 e. The molecule has 1 saturated heterocycles. The molecule has 0 atom stereocenters. The van der Waals surface area contributed by atoms with Gasteiger partial charge in [0.05, 0.1) is 9.82 Å². The van der Waals surface area contributed by atoms with E-state index < -0.39 is 14.9 Å². The second-order valence-electron chi connectivity index (χ2n) is 7.24. The summed E-state index contributed by atoms with van der Waals surface area (Å²) in [6.07, 6.45) is 0.563. The van der Waals surface area contributed by atoms with E-state index in [1.54, 1.807) is 24.8 Å². The standard InChI is InChI=1S/C20H23N3O5S/c1-14-10-15(2)20(16(3)11-14)29(27,28)22-8-6-21(7-9-22)18-5-4-17(13-24)12-19(18)23(25)26/h4-5,10-13H,6-9H2,1-3H3. The van der Waals surface area contributed by atoms with Crippen LogP contribution < -0.4 is 4.90 Å². The molecule has 0 aromatic heterocycles. The van der Waals surface area contributed by atoms with E-state index in [4.69, 9.17) is 0 Å². The molecule has 9 heteroatoms. The Morgan fingerprint density at radius 3 is 2.10 bits per heavy atom. The normalized spacial score (nSPS) is 15.3. The van der Waals surface area contributed by atoms with Crippen molar-refractivity contribution in [2.24, 2.45) is 0 Å². The summed E-state index contributed by atoms with van der Waals surface area (Å²) in [7, 11) is -3.66. The number of anilines is 1. The summed E-state index contributed by atoms with van der Waals surface area (Å²) in [6, 6.07) is 8.02. The Kier molecular flexibility index (Phi) is 5.72. The molecule has 8 nitrogen and oxygen atoms in total. The van der Waals surface area contributed by atoms with Gasteiger partial charge in [-0.05, 0) is 44.0 Å². The number of hydrogen-bond acceptors (Lipinski definition) is 6. The molecule has 1 aliphatic heterocycles. The zero-order valence-electron chi connectivity index (χ0n) is 16.6. The topological polar surface area (TPSA) is 101 Å². The summed E-state index contributed by atoms with van der Waals surface area (Å²) < 4.78 is 27.8. The van der Waals surface area contributed by atoms with Crippen LogP contribution in [0.2, 0.25) is 0 Å². The quantitative estimate of drug-likeness (QED) is 0.421. The summed E-state index contributed by atoms with van der Waals surface area (Å²) in [5.41, 5.74) is 2.90. The van der Waals surface area contributed by atoms with Gasteiger partial charge >= 0.3 is 0 Å². The van der Waals surface area contributed by atoms with Crippen molar-refractivity contribution < 1.29 is 18.1 Å². The van der Waals surface area contributed by atoms with Gasteiger partial charge in [-0.1, -0.05) is 17.7 Å². The first-order valence-corrected chi connectivity index (χ1v) is 10.7. The molecule has 29 heavy (non-hydrogen) atoms. The molecule has 1 aliphatic rings. The molecule has 0 amide bonds. The van der Waals surface area contributed by atoms with Gasteiger partial charge in [0.25, 0.3) is 5.69 Å². The van der Waals surface area contributed by atoms with Gasteiger partial charge in [0.2, 0.25) is 10.0 Å². The minimum absolute atomic E-state index is 0.156. The second-order valence-corrected chi connectivity index (χ2v) is 9.12. The molecule has 1 heterocycles. The highest BCUT2D eigenvalue weighted by atomic mass is 32.2. The Morgan fingerprint density at radius 1 is 1.00 bits per heavy atom. The number of nitro benzene ring substituents is 1. The number of carbonyl (C=O) groups is 1. The maximum absolute atomic E-state index is 13.2. The fourth-order valence-corrected chi connectivity index (χ4v) is 5.73. The molecule has 0 radical (unpaired) electrons. The van der Waals surface area contributed by atoms with Gasteiger partial charge in [-0.25, -0.2) is 8.42 Å². The van der Waals surface area contributed by atoms with Crippen LogP contribution in [-0.2, 0) is 10.0 Å². The highest BCUT2D eigenvalue weighted by molar-refractivity contribution is 7.89. The van der Waals surface area contributed by atoms with Gasteiger partial charge in [0.15, 0.2) is 0 Å². The van der Waals surface area contributed by atoms with E-state index in [2.05, 4.69) is 0 Å². The number of rotatable bonds is 5. The number of piperazine rings is 1. The summed E-state index contributed by atoms with van der Waals surface area (Å²) in [5, 5.41) is 11.4. The van der Waals surface area contributed by atoms with Crippen LogP contribution in [0, 0.1) is 30.9 Å². The van der Waals surface area contributed by atoms with Crippen LogP contribution in [0.15, 0.2) is 35.2 Å². The molecule has 0 N–H and O–H groups in total. The van der Waals surface area contributed by atoms with Gasteiger partial charge in [-0.2, -0.15) is 4.31 Å². The molecule has 0 unspecified atom stereocenters. The first-order chi connectivity index (χ1) is 13.6. The van der Waals surface area contributed by atoms with Gasteiger partial charge in [0.1, 0.15) is 12.0 Å². The zero-order valence-corrected chi connectivity index (χ0v) is 17.4. The number of nitrogens with zero attached hydrogens (tertiary/aromatic N) is 3. The van der Waals surface area contributed by atoms with Crippen molar-refractivity contribution in [1.29, 1.82) is 0 Å². The van der Waals surface area contributed by atoms with E-state index in [0.29, 0.717) is 41.1 Å². The molecule has 3 rings (SSSR count). The van der Waals surface area contributed by atoms with Crippen LogP contribution in [0.1, 0.15) is 27.0 Å². The monoisotopic (exact) mass is 417 g/mol. The zero-order chi connectivity index (χ0) is 21.3. The van der Waals surface area contributed by atoms with Gasteiger partial charge in [0, 0.05) is 37.8 Å². The van der Waals surface area contributed by atoms with Crippen molar-refractivity contribution in [2.45, 2.75) is 25.7 Å². The van der Waals surface area contributed by atoms with E-state index >= 15 is 0 Å². The highest BCUT2D eigenvalue weighted by Crippen LogP contribution is 2.31. The molecular weight excluding hydrogens is 394 g/mol. The summed E-state index contributed by atoms with van der Waals surface area (Å²) in [6.45, 7) is 6.61. The van der Waals surface area contributed by atoms with Crippen LogP contribution in [0.5, 0.6) is 0 Å². The second kappa shape index (κ2) is 7.92. The van der Waals surface area contributed by atoms with Crippen molar-refractivity contribution in [3.05, 3.63) is 62.7 Å². The summed E-state index contributed by atoms with van der Waals surface area (Å²) in [4.78, 5) is 23.9. The molecule has 0 saturated carbocycles. The fourth-order valence-electron chi connectivity index (χ4n) is 3.90. The molecule has 2 aromatic rings. The number of aldehydes is 1. The first-order valence-electron chi connectivity index (χ1n) is 9.21. The SMILES string of the molecule is Cc1cc(C)c(S(=O)(=O)N2CCN(c3ccc(C=O)cc3[N+](=O)[O-])CC2)c(C)c1. The van der Waals surface area contributed by atoms with E-state index in [9.17, 15) is 23.3 Å². The van der Waals surface area contributed by atoms with Crippen LogP contribution in [0.3, 0.4) is 0 Å². The largest absolute Gasteiger partial charge is 0.363 e. The van der Waals surface area contributed by atoms with Crippen molar-refractivity contribution in [3.8, 4) is 0 Å². The lowest BCUT2D eigenvalue weighted by molar-refractivity contribution is -0.384.